The van der Waals surface area contributed by atoms with Crippen molar-refractivity contribution < 1.29 is 4.79 Å². The van der Waals surface area contributed by atoms with Crippen LogP contribution in [0.25, 0.3) is 0 Å². The van der Waals surface area contributed by atoms with Gasteiger partial charge in [0.2, 0.25) is 0 Å². The average molecular weight is 365 g/mol. The monoisotopic (exact) mass is 364 g/mol. The number of amidine groups is 1. The number of halogens is 2. The van der Waals surface area contributed by atoms with Gasteiger partial charge in [0.05, 0.1) is 6.54 Å². The fourth-order valence-corrected chi connectivity index (χ4v) is 3.47. The van der Waals surface area contributed by atoms with Gasteiger partial charge < -0.3 is 0 Å². The number of thioether (sulfide) groups is 1. The Hall–Kier alpha value is -1.49. The normalized spacial score (nSPS) is 14.0. The second-order valence-corrected chi connectivity index (χ2v) is 6.86. The molecule has 3 nitrogen and oxygen atoms in total. The van der Waals surface area contributed by atoms with Crippen molar-refractivity contribution in [1.82, 2.24) is 4.90 Å². The lowest BCUT2D eigenvalue weighted by Crippen LogP contribution is -2.32. The number of hydrogen-bond acceptors (Lipinski definition) is 3. The van der Waals surface area contributed by atoms with E-state index in [0.717, 1.165) is 21.5 Å². The summed E-state index contributed by atoms with van der Waals surface area (Å²) in [6.07, 6.45) is 0. The van der Waals surface area contributed by atoms with Crippen LogP contribution in [-0.2, 0) is 5.75 Å². The maximum absolute atomic E-state index is 12.6. The number of benzene rings is 2. The van der Waals surface area contributed by atoms with Crippen molar-refractivity contribution in [3.8, 4) is 0 Å². The van der Waals surface area contributed by atoms with E-state index in [1.807, 2.05) is 24.3 Å². The summed E-state index contributed by atoms with van der Waals surface area (Å²) in [5.41, 5.74) is 1.77. The van der Waals surface area contributed by atoms with E-state index in [9.17, 15) is 4.79 Å². The standard InChI is InChI=1S/C17H14Cl2N2OS/c18-14-5-1-12(2-6-14)11-23-17-20-9-10-21(17)16(22)13-3-7-15(19)8-4-13/h1-8H,9-11H2. The van der Waals surface area contributed by atoms with Crippen molar-refractivity contribution >= 4 is 46.0 Å². The smallest absolute Gasteiger partial charge is 0.259 e. The van der Waals surface area contributed by atoms with Gasteiger partial charge in [0.15, 0.2) is 5.17 Å². The molecule has 0 aliphatic carbocycles. The molecule has 0 N–H and O–H groups in total. The molecule has 23 heavy (non-hydrogen) atoms. The molecule has 1 aliphatic heterocycles. The minimum Gasteiger partial charge on any atom is -0.286 e. The Labute approximate surface area is 149 Å². The molecule has 0 unspecified atom stereocenters. The Morgan fingerprint density at radius 2 is 1.65 bits per heavy atom. The highest BCUT2D eigenvalue weighted by Crippen LogP contribution is 2.22. The maximum Gasteiger partial charge on any atom is 0.259 e. The Morgan fingerprint density at radius 3 is 2.30 bits per heavy atom. The van der Waals surface area contributed by atoms with Gasteiger partial charge in [-0.3, -0.25) is 14.7 Å². The van der Waals surface area contributed by atoms with E-state index in [1.54, 1.807) is 40.9 Å². The molecule has 6 heteroatoms. The Kier molecular flexibility index (Phi) is 5.26. The summed E-state index contributed by atoms with van der Waals surface area (Å²) in [7, 11) is 0. The number of nitrogens with zero attached hydrogens (tertiary/aromatic N) is 2. The summed E-state index contributed by atoms with van der Waals surface area (Å²) in [6, 6.07) is 14.6. The van der Waals surface area contributed by atoms with Crippen molar-refractivity contribution in [2.24, 2.45) is 4.99 Å². The Morgan fingerprint density at radius 1 is 1.04 bits per heavy atom. The van der Waals surface area contributed by atoms with Crippen LogP contribution in [0.4, 0.5) is 0 Å². The molecule has 0 fully saturated rings. The van der Waals surface area contributed by atoms with Crippen molar-refractivity contribution in [1.29, 1.82) is 0 Å². The molecule has 2 aromatic rings. The second kappa shape index (κ2) is 7.39. The molecule has 0 spiro atoms. The fraction of sp³-hybridized carbons (Fsp3) is 0.176. The number of aliphatic imine (C=N–C) groups is 1. The summed E-state index contributed by atoms with van der Waals surface area (Å²) >= 11 is 13.3. The summed E-state index contributed by atoms with van der Waals surface area (Å²) in [6.45, 7) is 1.26. The molecular weight excluding hydrogens is 351 g/mol. The first kappa shape index (κ1) is 16.4. The number of rotatable bonds is 3. The quantitative estimate of drug-likeness (QED) is 0.787. The van der Waals surface area contributed by atoms with Gasteiger partial charge in [-0.15, -0.1) is 0 Å². The molecule has 0 atom stereocenters. The van der Waals surface area contributed by atoms with E-state index in [1.165, 1.54) is 0 Å². The molecule has 3 rings (SSSR count). The predicted octanol–water partition coefficient (Wildman–Crippen LogP) is 4.74. The molecular formula is C17H14Cl2N2OS. The first-order valence-corrected chi connectivity index (χ1v) is 8.87. The van der Waals surface area contributed by atoms with Crippen LogP contribution in [0.1, 0.15) is 15.9 Å². The van der Waals surface area contributed by atoms with Gasteiger partial charge in [0.1, 0.15) is 0 Å². The maximum atomic E-state index is 12.6. The predicted molar refractivity (Wildman–Crippen MR) is 97.5 cm³/mol. The largest absolute Gasteiger partial charge is 0.286 e. The van der Waals surface area contributed by atoms with Gasteiger partial charge in [0.25, 0.3) is 5.91 Å². The van der Waals surface area contributed by atoms with Gasteiger partial charge >= 0.3 is 0 Å². The van der Waals surface area contributed by atoms with E-state index in [2.05, 4.69) is 4.99 Å². The Bertz CT molecular complexity index is 729. The number of hydrogen-bond donors (Lipinski definition) is 0. The molecule has 0 aromatic heterocycles. The zero-order valence-corrected chi connectivity index (χ0v) is 14.5. The number of carbonyl (C=O) groups excluding carboxylic acids is 1. The zero-order valence-electron chi connectivity index (χ0n) is 12.2. The van der Waals surface area contributed by atoms with Crippen molar-refractivity contribution in [3.63, 3.8) is 0 Å². The van der Waals surface area contributed by atoms with Crippen molar-refractivity contribution in [2.45, 2.75) is 5.75 Å². The summed E-state index contributed by atoms with van der Waals surface area (Å²) < 4.78 is 0. The average Bonchev–Trinajstić information content (AvgIpc) is 3.03. The van der Waals surface area contributed by atoms with E-state index in [4.69, 9.17) is 23.2 Å². The van der Waals surface area contributed by atoms with Crippen molar-refractivity contribution in [3.05, 3.63) is 69.7 Å². The zero-order chi connectivity index (χ0) is 16.2. The third-order valence-corrected chi connectivity index (χ3v) is 5.01. The molecule has 118 valence electrons. The third kappa shape index (κ3) is 4.08. The topological polar surface area (TPSA) is 32.7 Å². The lowest BCUT2D eigenvalue weighted by Gasteiger charge is -2.18. The van der Waals surface area contributed by atoms with Crippen molar-refractivity contribution in [2.75, 3.05) is 13.1 Å². The van der Waals surface area contributed by atoms with E-state index >= 15 is 0 Å². The number of carbonyl (C=O) groups is 1. The van der Waals surface area contributed by atoms with E-state index in [0.29, 0.717) is 23.7 Å². The van der Waals surface area contributed by atoms with Gasteiger partial charge in [-0.1, -0.05) is 47.1 Å². The van der Waals surface area contributed by atoms with Crippen LogP contribution in [0.15, 0.2) is 53.5 Å². The first-order valence-electron chi connectivity index (χ1n) is 7.12. The van der Waals surface area contributed by atoms with Gasteiger partial charge in [-0.2, -0.15) is 0 Å². The second-order valence-electron chi connectivity index (χ2n) is 5.04. The van der Waals surface area contributed by atoms with Gasteiger partial charge in [-0.25, -0.2) is 0 Å². The van der Waals surface area contributed by atoms with Crippen LogP contribution in [-0.4, -0.2) is 29.1 Å². The molecule has 2 aromatic carbocycles. The highest BCUT2D eigenvalue weighted by atomic mass is 35.5. The van der Waals surface area contributed by atoms with E-state index < -0.39 is 0 Å². The molecule has 1 amide bonds. The van der Waals surface area contributed by atoms with Crippen LogP contribution in [0, 0.1) is 0 Å². The Balaban J connectivity index is 1.66. The lowest BCUT2D eigenvalue weighted by atomic mass is 10.2. The summed E-state index contributed by atoms with van der Waals surface area (Å²) in [4.78, 5) is 18.8. The van der Waals surface area contributed by atoms with Crippen LogP contribution >= 0.6 is 35.0 Å². The minimum absolute atomic E-state index is 0.0403. The van der Waals surface area contributed by atoms with Crippen LogP contribution in [0.3, 0.4) is 0 Å². The van der Waals surface area contributed by atoms with Crippen LogP contribution in [0.2, 0.25) is 10.0 Å². The van der Waals surface area contributed by atoms with E-state index in [-0.39, 0.29) is 5.91 Å². The molecule has 0 radical (unpaired) electrons. The SMILES string of the molecule is O=C(c1ccc(Cl)cc1)N1CCN=C1SCc1ccc(Cl)cc1. The molecule has 1 aliphatic rings. The van der Waals surface area contributed by atoms with Gasteiger partial charge in [-0.05, 0) is 42.0 Å². The minimum atomic E-state index is -0.0403. The highest BCUT2D eigenvalue weighted by molar-refractivity contribution is 8.13. The summed E-state index contributed by atoms with van der Waals surface area (Å²) in [5, 5.41) is 2.10. The van der Waals surface area contributed by atoms with Gasteiger partial charge in [0, 0.05) is 27.9 Å². The third-order valence-electron chi connectivity index (χ3n) is 3.42. The summed E-state index contributed by atoms with van der Waals surface area (Å²) in [5.74, 6) is 0.710. The molecule has 0 saturated heterocycles. The fourth-order valence-electron chi connectivity index (χ4n) is 2.22. The molecule has 0 bridgehead atoms. The lowest BCUT2D eigenvalue weighted by molar-refractivity contribution is 0.0860. The van der Waals surface area contributed by atoms with Crippen LogP contribution < -0.4 is 0 Å². The first-order chi connectivity index (χ1) is 11.1. The number of amides is 1. The molecule has 1 heterocycles. The highest BCUT2D eigenvalue weighted by Gasteiger charge is 2.25. The van der Waals surface area contributed by atoms with Crippen LogP contribution in [0.5, 0.6) is 0 Å². The molecule has 0 saturated carbocycles.